The zero-order valence-corrected chi connectivity index (χ0v) is 13.2. The van der Waals surface area contributed by atoms with Crippen molar-refractivity contribution in [1.82, 2.24) is 10.6 Å². The van der Waals surface area contributed by atoms with Gasteiger partial charge in [-0.05, 0) is 50.7 Å². The number of hydrogen-bond donors (Lipinski definition) is 2. The van der Waals surface area contributed by atoms with E-state index in [4.69, 9.17) is 4.74 Å². The summed E-state index contributed by atoms with van der Waals surface area (Å²) in [5.74, 6) is 0.767. The van der Waals surface area contributed by atoms with Gasteiger partial charge in [-0.25, -0.2) is 4.79 Å². The Balaban J connectivity index is 1.65. The third kappa shape index (κ3) is 5.76. The zero-order valence-electron chi connectivity index (χ0n) is 13.2. The second-order valence-corrected chi connectivity index (χ2v) is 6.58. The molecule has 4 heteroatoms. The molecule has 0 radical (unpaired) electrons. The van der Waals surface area contributed by atoms with Crippen LogP contribution in [-0.2, 0) is 11.3 Å². The van der Waals surface area contributed by atoms with E-state index in [0.717, 1.165) is 19.0 Å². The van der Waals surface area contributed by atoms with E-state index in [1.54, 1.807) is 0 Å². The van der Waals surface area contributed by atoms with E-state index in [1.165, 1.54) is 24.0 Å². The van der Waals surface area contributed by atoms with Gasteiger partial charge in [-0.1, -0.05) is 24.3 Å². The second-order valence-electron chi connectivity index (χ2n) is 6.58. The average molecular weight is 290 g/mol. The van der Waals surface area contributed by atoms with Crippen LogP contribution < -0.4 is 10.6 Å². The lowest BCUT2D eigenvalue weighted by Crippen LogP contribution is -2.36. The van der Waals surface area contributed by atoms with Crippen molar-refractivity contribution in [2.24, 2.45) is 0 Å². The van der Waals surface area contributed by atoms with Gasteiger partial charge in [-0.3, -0.25) is 0 Å². The summed E-state index contributed by atoms with van der Waals surface area (Å²) in [7, 11) is 0. The molecular formula is C17H26N2O2. The summed E-state index contributed by atoms with van der Waals surface area (Å²) in [4.78, 5) is 11.5. The van der Waals surface area contributed by atoms with Crippen LogP contribution in [0.4, 0.5) is 4.79 Å². The Kier molecular flexibility index (Phi) is 5.23. The van der Waals surface area contributed by atoms with Crippen molar-refractivity contribution in [2.45, 2.75) is 51.7 Å². The molecule has 1 amide bonds. The Morgan fingerprint density at radius 3 is 2.62 bits per heavy atom. The van der Waals surface area contributed by atoms with E-state index < -0.39 is 5.60 Å². The van der Waals surface area contributed by atoms with E-state index in [9.17, 15) is 4.79 Å². The van der Waals surface area contributed by atoms with Crippen LogP contribution in [0.1, 0.15) is 50.7 Å². The molecule has 0 unspecified atom stereocenters. The quantitative estimate of drug-likeness (QED) is 0.791. The molecule has 1 saturated carbocycles. The van der Waals surface area contributed by atoms with Crippen LogP contribution in [0.2, 0.25) is 0 Å². The first-order chi connectivity index (χ1) is 9.96. The molecule has 0 aliphatic heterocycles. The van der Waals surface area contributed by atoms with Gasteiger partial charge in [0.15, 0.2) is 0 Å². The molecule has 116 valence electrons. The first kappa shape index (κ1) is 15.8. The van der Waals surface area contributed by atoms with E-state index in [-0.39, 0.29) is 6.09 Å². The van der Waals surface area contributed by atoms with E-state index in [2.05, 4.69) is 34.9 Å². The number of hydrogen-bond acceptors (Lipinski definition) is 3. The van der Waals surface area contributed by atoms with E-state index in [0.29, 0.717) is 6.54 Å². The summed E-state index contributed by atoms with van der Waals surface area (Å²) in [6.07, 6.45) is 2.27. The van der Waals surface area contributed by atoms with Crippen LogP contribution in [0.25, 0.3) is 0 Å². The van der Waals surface area contributed by atoms with Gasteiger partial charge in [0.1, 0.15) is 5.60 Å². The van der Waals surface area contributed by atoms with Gasteiger partial charge in [0, 0.05) is 19.6 Å². The van der Waals surface area contributed by atoms with Gasteiger partial charge in [-0.15, -0.1) is 0 Å². The highest BCUT2D eigenvalue weighted by molar-refractivity contribution is 5.67. The van der Waals surface area contributed by atoms with Crippen molar-refractivity contribution in [3.05, 3.63) is 35.4 Å². The monoisotopic (exact) mass is 290 g/mol. The number of amides is 1. The summed E-state index contributed by atoms with van der Waals surface area (Å²) in [6, 6.07) is 8.61. The maximum atomic E-state index is 11.5. The van der Waals surface area contributed by atoms with Crippen molar-refractivity contribution in [3.8, 4) is 0 Å². The Hall–Kier alpha value is -1.55. The minimum Gasteiger partial charge on any atom is -0.444 e. The summed E-state index contributed by atoms with van der Waals surface area (Å²) < 4.78 is 5.18. The van der Waals surface area contributed by atoms with Crippen LogP contribution in [0.3, 0.4) is 0 Å². The molecule has 0 bridgehead atoms. The molecule has 21 heavy (non-hydrogen) atoms. The van der Waals surface area contributed by atoms with Crippen molar-refractivity contribution in [3.63, 3.8) is 0 Å². The highest BCUT2D eigenvalue weighted by atomic mass is 16.6. The maximum Gasteiger partial charge on any atom is 0.407 e. The topological polar surface area (TPSA) is 50.4 Å². The molecule has 0 aromatic heterocycles. The molecule has 1 aromatic rings. The number of benzene rings is 1. The summed E-state index contributed by atoms with van der Waals surface area (Å²) in [6.45, 7) is 7.74. The van der Waals surface area contributed by atoms with Crippen molar-refractivity contribution in [2.75, 3.05) is 13.1 Å². The van der Waals surface area contributed by atoms with Crippen molar-refractivity contribution in [1.29, 1.82) is 0 Å². The fourth-order valence-corrected chi connectivity index (χ4v) is 2.28. The van der Waals surface area contributed by atoms with Crippen LogP contribution in [-0.4, -0.2) is 24.8 Å². The van der Waals surface area contributed by atoms with E-state index >= 15 is 0 Å². The van der Waals surface area contributed by atoms with Gasteiger partial charge in [0.2, 0.25) is 0 Å². The minimum atomic E-state index is -0.444. The lowest BCUT2D eigenvalue weighted by atomic mass is 10.0. The Morgan fingerprint density at radius 1 is 1.24 bits per heavy atom. The molecule has 1 aliphatic rings. The lowest BCUT2D eigenvalue weighted by Gasteiger charge is -2.19. The fourth-order valence-electron chi connectivity index (χ4n) is 2.28. The number of carbonyl (C=O) groups is 1. The molecule has 0 heterocycles. The normalized spacial score (nSPS) is 14.8. The molecule has 2 rings (SSSR count). The maximum absolute atomic E-state index is 11.5. The molecule has 0 saturated heterocycles. The van der Waals surface area contributed by atoms with Crippen LogP contribution >= 0.6 is 0 Å². The molecule has 2 N–H and O–H groups in total. The zero-order chi connectivity index (χ0) is 15.3. The van der Waals surface area contributed by atoms with E-state index in [1.807, 2.05) is 20.8 Å². The molecule has 0 atom stereocenters. The number of ether oxygens (including phenoxy) is 1. The largest absolute Gasteiger partial charge is 0.444 e. The first-order valence-electron chi connectivity index (χ1n) is 7.71. The third-order valence-electron chi connectivity index (χ3n) is 3.36. The van der Waals surface area contributed by atoms with Gasteiger partial charge >= 0.3 is 6.09 Å². The Morgan fingerprint density at radius 2 is 1.95 bits per heavy atom. The SMILES string of the molecule is CC(C)(C)OC(=O)NCCNCc1ccccc1C1CC1. The second kappa shape index (κ2) is 6.94. The Labute approximate surface area is 127 Å². The van der Waals surface area contributed by atoms with Crippen LogP contribution in [0.5, 0.6) is 0 Å². The highest BCUT2D eigenvalue weighted by Crippen LogP contribution is 2.41. The average Bonchev–Trinajstić information content (AvgIpc) is 3.21. The smallest absolute Gasteiger partial charge is 0.407 e. The number of nitrogens with one attached hydrogen (secondary N) is 2. The number of carbonyl (C=O) groups excluding carboxylic acids is 1. The lowest BCUT2D eigenvalue weighted by molar-refractivity contribution is 0.0528. The molecule has 1 aromatic carbocycles. The molecule has 1 fully saturated rings. The summed E-state index contributed by atoms with van der Waals surface area (Å²) >= 11 is 0. The van der Waals surface area contributed by atoms with Crippen molar-refractivity contribution >= 4 is 6.09 Å². The predicted molar refractivity (Wildman–Crippen MR) is 84.4 cm³/mol. The summed E-state index contributed by atoms with van der Waals surface area (Å²) in [5, 5.41) is 6.12. The molecule has 0 spiro atoms. The molecular weight excluding hydrogens is 264 g/mol. The number of alkyl carbamates (subject to hydrolysis) is 1. The third-order valence-corrected chi connectivity index (χ3v) is 3.36. The fraction of sp³-hybridized carbons (Fsp3) is 0.588. The van der Waals surface area contributed by atoms with Gasteiger partial charge < -0.3 is 15.4 Å². The standard InChI is InChI=1S/C17H26N2O2/c1-17(2,3)21-16(20)19-11-10-18-12-14-6-4-5-7-15(14)13-8-9-13/h4-7,13,18H,8-12H2,1-3H3,(H,19,20). The minimum absolute atomic E-state index is 0.359. The van der Waals surface area contributed by atoms with Gasteiger partial charge in [0.25, 0.3) is 0 Å². The molecule has 1 aliphatic carbocycles. The van der Waals surface area contributed by atoms with Crippen LogP contribution in [0.15, 0.2) is 24.3 Å². The highest BCUT2D eigenvalue weighted by Gasteiger charge is 2.25. The van der Waals surface area contributed by atoms with Crippen LogP contribution in [0, 0.1) is 0 Å². The Bertz CT molecular complexity index is 476. The predicted octanol–water partition coefficient (Wildman–Crippen LogP) is 3.18. The van der Waals surface area contributed by atoms with Crippen molar-refractivity contribution < 1.29 is 9.53 Å². The van der Waals surface area contributed by atoms with Gasteiger partial charge in [0.05, 0.1) is 0 Å². The number of rotatable bonds is 6. The molecule has 4 nitrogen and oxygen atoms in total. The first-order valence-corrected chi connectivity index (χ1v) is 7.71. The summed E-state index contributed by atoms with van der Waals surface area (Å²) in [5.41, 5.74) is 2.41. The van der Waals surface area contributed by atoms with Gasteiger partial charge in [-0.2, -0.15) is 0 Å².